The van der Waals surface area contributed by atoms with Gasteiger partial charge >= 0.3 is 0 Å². The lowest BCUT2D eigenvalue weighted by Gasteiger charge is -2.72. The minimum Gasteiger partial charge on any atom is -0.393 e. The molecule has 175 valence electrons. The van der Waals surface area contributed by atoms with Crippen LogP contribution in [-0.2, 0) is 0 Å². The van der Waals surface area contributed by atoms with E-state index in [0.29, 0.717) is 27.6 Å². The zero-order valence-electron chi connectivity index (χ0n) is 21.4. The Morgan fingerprint density at radius 2 is 1.39 bits per heavy atom. The maximum Gasteiger partial charge on any atom is 0.0594 e. The zero-order chi connectivity index (χ0) is 22.0. The molecule has 6 fully saturated rings. The van der Waals surface area contributed by atoms with Gasteiger partial charge in [-0.15, -0.1) is 0 Å². The first-order valence-corrected chi connectivity index (χ1v) is 14.0. The first kappa shape index (κ1) is 21.5. The van der Waals surface area contributed by atoms with Crippen molar-refractivity contribution in [3.8, 4) is 0 Å². The molecule has 0 heterocycles. The molecule has 1 radical (unpaired) electrons. The van der Waals surface area contributed by atoms with Gasteiger partial charge in [0, 0.05) is 0 Å². The van der Waals surface area contributed by atoms with E-state index >= 15 is 0 Å². The topological polar surface area (TPSA) is 20.2 Å². The van der Waals surface area contributed by atoms with Gasteiger partial charge < -0.3 is 5.11 Å². The van der Waals surface area contributed by atoms with E-state index in [4.69, 9.17) is 0 Å². The molecule has 6 aliphatic carbocycles. The number of fused-ring (bicyclic) bond motifs is 7. The molecule has 0 aromatic carbocycles. The largest absolute Gasteiger partial charge is 0.393 e. The van der Waals surface area contributed by atoms with Crippen molar-refractivity contribution in [1.29, 1.82) is 0 Å². The third kappa shape index (κ3) is 2.54. The summed E-state index contributed by atoms with van der Waals surface area (Å²) in [7, 11) is 0. The molecule has 0 amide bonds. The van der Waals surface area contributed by atoms with Crippen molar-refractivity contribution >= 4 is 0 Å². The maximum atomic E-state index is 10.9. The van der Waals surface area contributed by atoms with E-state index in [-0.39, 0.29) is 11.5 Å². The zero-order valence-corrected chi connectivity index (χ0v) is 21.4. The van der Waals surface area contributed by atoms with E-state index in [1.807, 2.05) is 5.92 Å². The van der Waals surface area contributed by atoms with Crippen molar-refractivity contribution in [1.82, 2.24) is 0 Å². The number of aliphatic hydroxyl groups excluding tert-OH is 1. The predicted molar refractivity (Wildman–Crippen MR) is 128 cm³/mol. The van der Waals surface area contributed by atoms with Crippen molar-refractivity contribution in [3.05, 3.63) is 5.92 Å². The van der Waals surface area contributed by atoms with Crippen LogP contribution in [-0.4, -0.2) is 11.2 Å². The highest BCUT2D eigenvalue weighted by Gasteiger charge is 2.70. The monoisotopic (exact) mass is 425 g/mol. The van der Waals surface area contributed by atoms with Crippen molar-refractivity contribution in [2.75, 3.05) is 0 Å². The first-order valence-electron chi connectivity index (χ1n) is 14.0. The first-order chi connectivity index (χ1) is 14.5. The number of aliphatic hydroxyl groups is 1. The molecule has 0 unspecified atom stereocenters. The third-order valence-electron chi connectivity index (χ3n) is 13.9. The molecule has 0 spiro atoms. The number of hydrogen-bond acceptors (Lipinski definition) is 1. The maximum absolute atomic E-state index is 10.9. The summed E-state index contributed by atoms with van der Waals surface area (Å²) in [5.41, 5.74) is 2.20. The van der Waals surface area contributed by atoms with Crippen molar-refractivity contribution in [2.24, 2.45) is 56.7 Å². The molecule has 0 aliphatic heterocycles. The molecule has 6 saturated carbocycles. The fourth-order valence-corrected chi connectivity index (χ4v) is 11.6. The second-order valence-electron chi connectivity index (χ2n) is 15.0. The minimum atomic E-state index is -0.104. The number of hydrogen-bond donors (Lipinski definition) is 1. The molecule has 1 nitrogen and oxygen atoms in total. The highest BCUT2D eigenvalue weighted by molar-refractivity contribution is 5.23. The lowest BCUT2D eigenvalue weighted by Crippen LogP contribution is -2.65. The van der Waals surface area contributed by atoms with Crippen LogP contribution in [0.3, 0.4) is 0 Å². The molecule has 1 N–H and O–H groups in total. The normalized spacial score (nSPS) is 57.4. The van der Waals surface area contributed by atoms with Crippen LogP contribution >= 0.6 is 0 Å². The van der Waals surface area contributed by atoms with E-state index in [9.17, 15) is 5.11 Å². The average molecular weight is 426 g/mol. The van der Waals surface area contributed by atoms with Gasteiger partial charge in [-0.3, -0.25) is 0 Å². The Kier molecular flexibility index (Phi) is 4.39. The van der Waals surface area contributed by atoms with Gasteiger partial charge in [0.2, 0.25) is 0 Å². The van der Waals surface area contributed by atoms with E-state index < -0.39 is 0 Å². The van der Waals surface area contributed by atoms with Crippen molar-refractivity contribution in [3.63, 3.8) is 0 Å². The van der Waals surface area contributed by atoms with Crippen LogP contribution in [0.1, 0.15) is 119 Å². The average Bonchev–Trinajstić information content (AvgIpc) is 3.29. The van der Waals surface area contributed by atoms with E-state index in [1.165, 1.54) is 70.6 Å². The van der Waals surface area contributed by atoms with Crippen LogP contribution in [0.5, 0.6) is 0 Å². The Balaban J connectivity index is 1.37. The Hall–Kier alpha value is -0.0400. The summed E-state index contributed by atoms with van der Waals surface area (Å²) < 4.78 is 0. The molecular formula is C30H49O. The van der Waals surface area contributed by atoms with Gasteiger partial charge in [0.15, 0.2) is 0 Å². The summed E-state index contributed by atoms with van der Waals surface area (Å²) >= 11 is 0. The van der Waals surface area contributed by atoms with Crippen LogP contribution < -0.4 is 0 Å². The van der Waals surface area contributed by atoms with Crippen LogP contribution in [0.2, 0.25) is 0 Å². The summed E-state index contributed by atoms with van der Waals surface area (Å²) in [5, 5.41) is 10.9. The lowest BCUT2D eigenvalue weighted by atomic mass is 9.33. The Labute approximate surface area is 192 Å². The highest BCUT2D eigenvalue weighted by Crippen LogP contribution is 2.77. The van der Waals surface area contributed by atoms with Crippen LogP contribution in [0.25, 0.3) is 0 Å². The molecule has 31 heavy (non-hydrogen) atoms. The summed E-state index contributed by atoms with van der Waals surface area (Å²) in [5.74, 6) is 6.46. The molecule has 0 aromatic heterocycles. The highest BCUT2D eigenvalue weighted by atomic mass is 16.3. The van der Waals surface area contributed by atoms with E-state index in [2.05, 4.69) is 41.5 Å². The molecular weight excluding hydrogens is 376 g/mol. The Bertz CT molecular complexity index is 750. The van der Waals surface area contributed by atoms with Crippen LogP contribution in [0.4, 0.5) is 0 Å². The molecule has 6 rings (SSSR count). The molecule has 1 heteroatoms. The lowest BCUT2D eigenvalue weighted by molar-refractivity contribution is -0.236. The fraction of sp³-hybridized carbons (Fsp3) is 0.967. The smallest absolute Gasteiger partial charge is 0.0594 e. The summed E-state index contributed by atoms with van der Waals surface area (Å²) in [6.07, 6.45) is 16.8. The quantitative estimate of drug-likeness (QED) is 0.454. The Morgan fingerprint density at radius 3 is 2.10 bits per heavy atom. The molecule has 0 bridgehead atoms. The Morgan fingerprint density at radius 1 is 0.645 bits per heavy atom. The van der Waals surface area contributed by atoms with E-state index in [1.54, 1.807) is 0 Å². The minimum absolute atomic E-state index is 0.0801. The molecule has 6 aliphatic rings. The van der Waals surface area contributed by atoms with Crippen LogP contribution in [0.15, 0.2) is 0 Å². The second-order valence-corrected chi connectivity index (χ2v) is 15.0. The van der Waals surface area contributed by atoms with Crippen molar-refractivity contribution < 1.29 is 5.11 Å². The fourth-order valence-electron chi connectivity index (χ4n) is 11.6. The SMILES string of the molecule is CC1([C@@H]2CC[C]3CC[C@]4(C)[C@H](CC[C@@H]5[C@@]6(C)CC[C@H](O)C(C)(C)[C@@H]6CC[C@]54C)[C@H]32)CC1. The molecule has 0 aromatic rings. The molecule has 0 saturated heterocycles. The van der Waals surface area contributed by atoms with Crippen LogP contribution in [0, 0.1) is 62.6 Å². The van der Waals surface area contributed by atoms with Gasteiger partial charge in [0.05, 0.1) is 6.10 Å². The van der Waals surface area contributed by atoms with Gasteiger partial charge in [0.1, 0.15) is 0 Å². The summed E-state index contributed by atoms with van der Waals surface area (Å²) in [4.78, 5) is 0. The van der Waals surface area contributed by atoms with E-state index in [0.717, 1.165) is 30.1 Å². The standard InChI is InChI=1S/C30H49O/c1-26(2)22-12-16-30(6)23(28(22,4)14-13-24(26)31)10-9-21-25-19(11-15-29(21,30)5)7-8-20(25)27(3)17-18-27/h20-25,31H,7-18H2,1-6H3/t20-,21-,22+,23-,24+,25-,28+,29-,30-/m1/s1. The van der Waals surface area contributed by atoms with Gasteiger partial charge in [-0.05, 0) is 140 Å². The van der Waals surface area contributed by atoms with Gasteiger partial charge in [-0.25, -0.2) is 0 Å². The van der Waals surface area contributed by atoms with Gasteiger partial charge in [-0.1, -0.05) is 41.5 Å². The number of rotatable bonds is 1. The molecule has 9 atom stereocenters. The van der Waals surface area contributed by atoms with Gasteiger partial charge in [-0.2, -0.15) is 0 Å². The second kappa shape index (κ2) is 6.34. The predicted octanol–water partition coefficient (Wildman–Crippen LogP) is 7.82. The van der Waals surface area contributed by atoms with Crippen molar-refractivity contribution in [2.45, 2.75) is 125 Å². The summed E-state index contributed by atoms with van der Waals surface area (Å²) in [6.45, 7) is 15.6. The third-order valence-corrected chi connectivity index (χ3v) is 13.9. The summed E-state index contributed by atoms with van der Waals surface area (Å²) in [6, 6.07) is 0. The van der Waals surface area contributed by atoms with Gasteiger partial charge in [0.25, 0.3) is 0 Å².